The number of fused-ring (bicyclic) bond motifs is 3. The van der Waals surface area contributed by atoms with Gasteiger partial charge in [-0.05, 0) is 32.0 Å². The van der Waals surface area contributed by atoms with Gasteiger partial charge in [0.15, 0.2) is 5.78 Å². The van der Waals surface area contributed by atoms with Gasteiger partial charge >= 0.3 is 0 Å². The monoisotopic (exact) mass is 458 g/mol. The lowest BCUT2D eigenvalue weighted by Crippen LogP contribution is -2.13. The second kappa shape index (κ2) is 7.36. The van der Waals surface area contributed by atoms with Crippen LogP contribution in [0.3, 0.4) is 0 Å². The number of ketones is 1. The van der Waals surface area contributed by atoms with Gasteiger partial charge in [-0.25, -0.2) is 8.42 Å². The third-order valence-electron chi connectivity index (χ3n) is 4.89. The van der Waals surface area contributed by atoms with Gasteiger partial charge in [-0.1, -0.05) is 35.9 Å². The van der Waals surface area contributed by atoms with Crippen molar-refractivity contribution in [3.8, 4) is 0 Å². The number of benzene rings is 3. The first-order valence-electron chi connectivity index (χ1n) is 9.02. The average Bonchev–Trinajstić information content (AvgIpc) is 3.04. The molecule has 0 aliphatic rings. The molecule has 4 aromatic rings. The number of furan rings is 1. The molecule has 8 nitrogen and oxygen atoms in total. The molecule has 1 aromatic heterocycles. The van der Waals surface area contributed by atoms with E-state index in [0.717, 1.165) is 12.1 Å². The second-order valence-electron chi connectivity index (χ2n) is 6.91. The summed E-state index contributed by atoms with van der Waals surface area (Å²) in [5, 5.41) is 12.6. The summed E-state index contributed by atoms with van der Waals surface area (Å²) in [5.74, 6) is 0.217. The van der Waals surface area contributed by atoms with Gasteiger partial charge in [-0.3, -0.25) is 19.6 Å². The highest BCUT2D eigenvalue weighted by atomic mass is 35.5. The summed E-state index contributed by atoms with van der Waals surface area (Å²) in [6, 6.07) is 11.7. The van der Waals surface area contributed by atoms with Gasteiger partial charge in [-0.2, -0.15) is 0 Å². The zero-order valence-corrected chi connectivity index (χ0v) is 17.9. The van der Waals surface area contributed by atoms with Crippen molar-refractivity contribution in [3.05, 3.63) is 75.0 Å². The molecule has 3 aromatic carbocycles. The minimum Gasteiger partial charge on any atom is -0.460 e. The maximum absolute atomic E-state index is 13.0. The molecular formula is C21H15ClN2O6S. The minimum absolute atomic E-state index is 0.171. The number of rotatable bonds is 5. The normalized spacial score (nSPS) is 11.7. The number of aryl methyl sites for hydroxylation is 1. The Bertz CT molecular complexity index is 1510. The molecule has 10 heteroatoms. The first kappa shape index (κ1) is 20.8. The van der Waals surface area contributed by atoms with Gasteiger partial charge < -0.3 is 4.42 Å². The molecule has 1 heterocycles. The minimum atomic E-state index is -4.20. The molecule has 0 saturated heterocycles. The molecule has 0 spiro atoms. The fourth-order valence-corrected chi connectivity index (χ4v) is 4.84. The van der Waals surface area contributed by atoms with Gasteiger partial charge in [0.1, 0.15) is 16.4 Å². The average molecular weight is 459 g/mol. The third-order valence-corrected chi connectivity index (χ3v) is 6.58. The van der Waals surface area contributed by atoms with E-state index >= 15 is 0 Å². The van der Waals surface area contributed by atoms with Gasteiger partial charge in [0.2, 0.25) is 0 Å². The number of carbonyl (C=O) groups excluding carboxylic acids is 1. The van der Waals surface area contributed by atoms with Crippen LogP contribution < -0.4 is 4.72 Å². The fourth-order valence-electron chi connectivity index (χ4n) is 3.56. The molecule has 0 fully saturated rings. The quantitative estimate of drug-likeness (QED) is 0.241. The Balaban J connectivity index is 1.93. The standard InChI is InChI=1S/C21H15ClN2O6S/c1-11(25)20-12(2)30-21-15-6-4-3-5-14(15)18(10-16(20)21)23-31(28,29)13-7-8-17(22)19(9-13)24(26)27/h3-10,23H,1-2H3. The van der Waals surface area contributed by atoms with Crippen molar-refractivity contribution in [2.45, 2.75) is 18.7 Å². The summed E-state index contributed by atoms with van der Waals surface area (Å²) in [7, 11) is -4.20. The van der Waals surface area contributed by atoms with E-state index in [0.29, 0.717) is 33.1 Å². The van der Waals surface area contributed by atoms with Crippen molar-refractivity contribution >= 4 is 60.5 Å². The molecule has 0 radical (unpaired) electrons. The predicted molar refractivity (Wildman–Crippen MR) is 117 cm³/mol. The fraction of sp³-hybridized carbons (Fsp3) is 0.0952. The summed E-state index contributed by atoms with van der Waals surface area (Å²) >= 11 is 5.80. The van der Waals surface area contributed by atoms with E-state index in [1.165, 1.54) is 19.1 Å². The number of nitro benzene ring substituents is 1. The highest BCUT2D eigenvalue weighted by molar-refractivity contribution is 7.92. The van der Waals surface area contributed by atoms with Crippen LogP contribution in [-0.4, -0.2) is 19.1 Å². The first-order valence-corrected chi connectivity index (χ1v) is 10.9. The van der Waals surface area contributed by atoms with Crippen molar-refractivity contribution in [2.24, 2.45) is 0 Å². The number of nitrogens with zero attached hydrogens (tertiary/aromatic N) is 1. The number of hydrogen-bond donors (Lipinski definition) is 1. The Kier molecular flexibility index (Phi) is 4.95. The number of sulfonamides is 1. The predicted octanol–water partition coefficient (Wildman–Crippen LogP) is 5.46. The van der Waals surface area contributed by atoms with E-state index in [-0.39, 0.29) is 21.4 Å². The van der Waals surface area contributed by atoms with Crippen LogP contribution in [0, 0.1) is 17.0 Å². The summed E-state index contributed by atoms with van der Waals surface area (Å²) in [5.41, 5.74) is 0.532. The highest BCUT2D eigenvalue weighted by Gasteiger charge is 2.24. The molecule has 158 valence electrons. The van der Waals surface area contributed by atoms with E-state index in [9.17, 15) is 23.3 Å². The maximum Gasteiger partial charge on any atom is 0.289 e. The van der Waals surface area contributed by atoms with Crippen LogP contribution in [0.4, 0.5) is 11.4 Å². The van der Waals surface area contributed by atoms with Crippen LogP contribution in [0.5, 0.6) is 0 Å². The van der Waals surface area contributed by atoms with Crippen LogP contribution in [0.25, 0.3) is 21.7 Å². The van der Waals surface area contributed by atoms with E-state index < -0.39 is 20.6 Å². The Labute approximate surface area is 181 Å². The summed E-state index contributed by atoms with van der Waals surface area (Å²) in [4.78, 5) is 22.2. The van der Waals surface area contributed by atoms with Crippen molar-refractivity contribution in [1.29, 1.82) is 0 Å². The molecule has 0 saturated carbocycles. The molecule has 0 atom stereocenters. The first-order chi connectivity index (χ1) is 14.6. The van der Waals surface area contributed by atoms with E-state index in [2.05, 4.69) is 4.72 Å². The Morgan fingerprint density at radius 1 is 1.10 bits per heavy atom. The Morgan fingerprint density at radius 3 is 2.42 bits per heavy atom. The van der Waals surface area contributed by atoms with Gasteiger partial charge in [-0.15, -0.1) is 0 Å². The molecule has 0 amide bonds. The smallest absolute Gasteiger partial charge is 0.289 e. The summed E-state index contributed by atoms with van der Waals surface area (Å²) in [6.07, 6.45) is 0. The van der Waals surface area contributed by atoms with Crippen LogP contribution in [0.1, 0.15) is 23.0 Å². The number of halogens is 1. The van der Waals surface area contributed by atoms with Gasteiger partial charge in [0.25, 0.3) is 15.7 Å². The number of carbonyl (C=O) groups is 1. The summed E-state index contributed by atoms with van der Waals surface area (Å²) in [6.45, 7) is 3.07. The topological polar surface area (TPSA) is 120 Å². The molecule has 4 rings (SSSR count). The number of nitro groups is 1. The van der Waals surface area contributed by atoms with E-state index in [1.807, 2.05) is 0 Å². The molecule has 0 unspecified atom stereocenters. The van der Waals surface area contributed by atoms with E-state index in [1.54, 1.807) is 31.2 Å². The molecular weight excluding hydrogens is 444 g/mol. The lowest BCUT2D eigenvalue weighted by molar-refractivity contribution is -0.384. The van der Waals surface area contributed by atoms with Crippen LogP contribution in [0.2, 0.25) is 5.02 Å². The van der Waals surface area contributed by atoms with Crippen molar-refractivity contribution in [3.63, 3.8) is 0 Å². The van der Waals surface area contributed by atoms with Crippen molar-refractivity contribution < 1.29 is 22.6 Å². The number of anilines is 1. The third kappa shape index (κ3) is 3.51. The van der Waals surface area contributed by atoms with Gasteiger partial charge in [0, 0.05) is 22.2 Å². The zero-order chi connectivity index (χ0) is 22.5. The lowest BCUT2D eigenvalue weighted by Gasteiger charge is -2.12. The highest BCUT2D eigenvalue weighted by Crippen LogP contribution is 2.38. The van der Waals surface area contributed by atoms with Crippen LogP contribution in [0.15, 0.2) is 57.8 Å². The molecule has 1 N–H and O–H groups in total. The van der Waals surface area contributed by atoms with E-state index in [4.69, 9.17) is 16.0 Å². The second-order valence-corrected chi connectivity index (χ2v) is 9.00. The number of hydrogen-bond acceptors (Lipinski definition) is 6. The maximum atomic E-state index is 13.0. The Hall–Kier alpha value is -3.43. The Morgan fingerprint density at radius 2 is 1.77 bits per heavy atom. The SMILES string of the molecule is CC(=O)c1c(C)oc2c1cc(NS(=O)(=O)c1ccc(Cl)c([N+](=O)[O-])c1)c1ccccc12. The van der Waals surface area contributed by atoms with Crippen molar-refractivity contribution in [2.75, 3.05) is 4.72 Å². The molecule has 0 bridgehead atoms. The zero-order valence-electron chi connectivity index (χ0n) is 16.3. The number of Topliss-reactive ketones (excluding diaryl/α,β-unsaturated/α-hetero) is 1. The van der Waals surface area contributed by atoms with Gasteiger partial charge in [0.05, 0.1) is 21.1 Å². The molecule has 0 aliphatic carbocycles. The lowest BCUT2D eigenvalue weighted by atomic mass is 10.0. The summed E-state index contributed by atoms with van der Waals surface area (Å²) < 4.78 is 34.3. The van der Waals surface area contributed by atoms with Crippen LogP contribution >= 0.6 is 11.6 Å². The molecule has 31 heavy (non-hydrogen) atoms. The van der Waals surface area contributed by atoms with Crippen molar-refractivity contribution in [1.82, 2.24) is 0 Å². The largest absolute Gasteiger partial charge is 0.460 e. The molecule has 0 aliphatic heterocycles. The van der Waals surface area contributed by atoms with Crippen LogP contribution in [-0.2, 0) is 10.0 Å². The number of nitrogens with one attached hydrogen (secondary N) is 1.